The summed E-state index contributed by atoms with van der Waals surface area (Å²) in [7, 11) is 0. The van der Waals surface area contributed by atoms with Gasteiger partial charge in [-0.1, -0.05) is 47.5 Å². The number of rotatable bonds is 2. The zero-order chi connectivity index (χ0) is 9.14. The van der Waals surface area contributed by atoms with Gasteiger partial charge in [-0.2, -0.15) is 0 Å². The first-order valence-electron chi connectivity index (χ1n) is 3.28. The number of hydrogen-bond donors (Lipinski definition) is 0. The van der Waals surface area contributed by atoms with Gasteiger partial charge in [-0.3, -0.25) is 0 Å². The minimum Gasteiger partial charge on any atom is -0.225 e. The summed E-state index contributed by atoms with van der Waals surface area (Å²) in [6.45, 7) is 0. The molecule has 0 bridgehead atoms. The van der Waals surface area contributed by atoms with Gasteiger partial charge in [-0.05, 0) is 0 Å². The first-order valence-corrected chi connectivity index (χ1v) is 4.15. The third-order valence-corrected chi connectivity index (χ3v) is 1.94. The van der Waals surface area contributed by atoms with Crippen LogP contribution in [-0.2, 0) is 0 Å². The zero-order valence-corrected chi connectivity index (χ0v) is 7.49. The maximum atomic E-state index is 12.6. The summed E-state index contributed by atoms with van der Waals surface area (Å²) >= 11 is 10.3. The third kappa shape index (κ3) is 2.08. The Bertz CT molecular complexity index is 234. The lowest BCUT2D eigenvalue weighted by Gasteiger charge is -2.07. The second kappa shape index (κ2) is 4.06. The van der Waals surface area contributed by atoms with E-state index in [0.717, 1.165) is 0 Å². The zero-order valence-electron chi connectivity index (χ0n) is 5.98. The minimum absolute atomic E-state index is 0.0849. The lowest BCUT2D eigenvalue weighted by molar-refractivity contribution is 0.429. The van der Waals surface area contributed by atoms with E-state index in [2.05, 4.69) is 0 Å². The Morgan fingerprint density at radius 2 is 1.25 bits per heavy atom. The summed E-state index contributed by atoms with van der Waals surface area (Å²) in [6, 6.07) is 5.96. The Morgan fingerprint density at radius 1 is 0.917 bits per heavy atom. The number of alkyl halides is 4. The van der Waals surface area contributed by atoms with E-state index in [4.69, 9.17) is 23.2 Å². The summed E-state index contributed by atoms with van der Waals surface area (Å²) in [5.74, 6) is 0. The Morgan fingerprint density at radius 3 is 1.50 bits per heavy atom. The van der Waals surface area contributed by atoms with Crippen LogP contribution in [-0.4, -0.2) is 0 Å². The van der Waals surface area contributed by atoms with Gasteiger partial charge in [0, 0.05) is 11.1 Å². The van der Waals surface area contributed by atoms with E-state index in [9.17, 15) is 8.78 Å². The van der Waals surface area contributed by atoms with Gasteiger partial charge in [-0.15, -0.1) is 0 Å². The number of halogens is 4. The van der Waals surface area contributed by atoms with E-state index in [-0.39, 0.29) is 11.1 Å². The molecule has 2 unspecified atom stereocenters. The van der Waals surface area contributed by atoms with Crippen molar-refractivity contribution in [2.75, 3.05) is 0 Å². The van der Waals surface area contributed by atoms with Gasteiger partial charge in [0.2, 0.25) is 0 Å². The fourth-order valence-corrected chi connectivity index (χ4v) is 1.31. The molecule has 1 aromatic carbocycles. The summed E-state index contributed by atoms with van der Waals surface area (Å²) in [5, 5.41) is 0. The van der Waals surface area contributed by atoms with E-state index in [1.54, 1.807) is 12.1 Å². The molecular formula is C8H6Cl2F2. The van der Waals surface area contributed by atoms with Crippen LogP contribution in [0.3, 0.4) is 0 Å². The Kier molecular flexibility index (Phi) is 3.29. The molecule has 0 aliphatic carbocycles. The molecular weight excluding hydrogens is 205 g/mol. The van der Waals surface area contributed by atoms with Crippen LogP contribution in [0.5, 0.6) is 0 Å². The second-order valence-electron chi connectivity index (χ2n) is 2.23. The normalized spacial score (nSPS) is 15.7. The SMILES string of the molecule is FC(Cl)c1ccccc1C(F)Cl. The van der Waals surface area contributed by atoms with Crippen molar-refractivity contribution in [1.29, 1.82) is 0 Å². The van der Waals surface area contributed by atoms with Gasteiger partial charge in [-0.25, -0.2) is 8.78 Å². The van der Waals surface area contributed by atoms with E-state index >= 15 is 0 Å². The highest BCUT2D eigenvalue weighted by Crippen LogP contribution is 2.32. The van der Waals surface area contributed by atoms with Crippen molar-refractivity contribution >= 4 is 23.2 Å². The molecule has 1 aromatic rings. The lowest BCUT2D eigenvalue weighted by atomic mass is 10.1. The molecule has 12 heavy (non-hydrogen) atoms. The third-order valence-electron chi connectivity index (χ3n) is 1.47. The van der Waals surface area contributed by atoms with Gasteiger partial charge in [0.05, 0.1) is 0 Å². The molecule has 0 aromatic heterocycles. The van der Waals surface area contributed by atoms with Crippen LogP contribution in [0.15, 0.2) is 24.3 Å². The summed E-state index contributed by atoms with van der Waals surface area (Å²) in [6.07, 6.45) is 0. The maximum Gasteiger partial charge on any atom is 0.199 e. The molecule has 0 amide bonds. The molecule has 0 nitrogen and oxygen atoms in total. The summed E-state index contributed by atoms with van der Waals surface area (Å²) in [5.41, 5.74) is -3.25. The molecule has 0 N–H and O–H groups in total. The monoisotopic (exact) mass is 210 g/mol. The van der Waals surface area contributed by atoms with Gasteiger partial charge in [0.1, 0.15) is 0 Å². The molecule has 0 heterocycles. The Labute approximate surface area is 79.1 Å². The van der Waals surface area contributed by atoms with Crippen molar-refractivity contribution in [2.45, 2.75) is 11.3 Å². The van der Waals surface area contributed by atoms with Gasteiger partial charge < -0.3 is 0 Å². The van der Waals surface area contributed by atoms with Gasteiger partial charge in [0.15, 0.2) is 11.3 Å². The van der Waals surface area contributed by atoms with Crippen molar-refractivity contribution in [3.8, 4) is 0 Å². The molecule has 2 atom stereocenters. The average molecular weight is 211 g/mol. The Balaban J connectivity index is 3.09. The molecule has 1 rings (SSSR count). The van der Waals surface area contributed by atoms with Crippen LogP contribution < -0.4 is 0 Å². The van der Waals surface area contributed by atoms with E-state index in [1.807, 2.05) is 0 Å². The van der Waals surface area contributed by atoms with Crippen molar-refractivity contribution in [3.05, 3.63) is 35.4 Å². The lowest BCUT2D eigenvalue weighted by Crippen LogP contribution is -1.92. The predicted molar refractivity (Wildman–Crippen MR) is 45.8 cm³/mol. The van der Waals surface area contributed by atoms with E-state index < -0.39 is 11.3 Å². The topological polar surface area (TPSA) is 0 Å². The first-order chi connectivity index (χ1) is 5.63. The molecule has 66 valence electrons. The molecule has 0 saturated carbocycles. The molecule has 4 heteroatoms. The minimum atomic E-state index is -1.71. The van der Waals surface area contributed by atoms with Crippen LogP contribution in [0.1, 0.15) is 22.4 Å². The highest BCUT2D eigenvalue weighted by molar-refractivity contribution is 6.21. The average Bonchev–Trinajstić information content (AvgIpc) is 2.04. The van der Waals surface area contributed by atoms with Crippen molar-refractivity contribution < 1.29 is 8.78 Å². The number of hydrogen-bond acceptors (Lipinski definition) is 0. The van der Waals surface area contributed by atoms with Crippen LogP contribution in [0.4, 0.5) is 8.78 Å². The highest BCUT2D eigenvalue weighted by atomic mass is 35.5. The standard InChI is InChI=1S/C8H6Cl2F2/c9-7(11)5-3-1-2-4-6(5)8(10)12/h1-4,7-8H. The predicted octanol–water partition coefficient (Wildman–Crippen LogP) is 4.10. The van der Waals surface area contributed by atoms with Crippen LogP contribution in [0, 0.1) is 0 Å². The van der Waals surface area contributed by atoms with Crippen molar-refractivity contribution in [1.82, 2.24) is 0 Å². The molecule has 0 saturated heterocycles. The second-order valence-corrected chi connectivity index (χ2v) is 3.00. The van der Waals surface area contributed by atoms with E-state index in [1.165, 1.54) is 12.1 Å². The smallest absolute Gasteiger partial charge is 0.199 e. The van der Waals surface area contributed by atoms with Crippen LogP contribution in [0.25, 0.3) is 0 Å². The van der Waals surface area contributed by atoms with Gasteiger partial charge in [0.25, 0.3) is 0 Å². The summed E-state index contributed by atoms with van der Waals surface area (Å²) < 4.78 is 25.2. The Hall–Kier alpha value is -0.340. The molecule has 0 aliphatic heterocycles. The largest absolute Gasteiger partial charge is 0.225 e. The maximum absolute atomic E-state index is 12.6. The first kappa shape index (κ1) is 9.75. The van der Waals surface area contributed by atoms with Crippen LogP contribution in [0.2, 0.25) is 0 Å². The molecule has 0 fully saturated rings. The summed E-state index contributed by atoms with van der Waals surface area (Å²) in [4.78, 5) is 0. The molecule has 0 spiro atoms. The fraction of sp³-hybridized carbons (Fsp3) is 0.250. The quantitative estimate of drug-likeness (QED) is 0.646. The van der Waals surface area contributed by atoms with Crippen molar-refractivity contribution in [3.63, 3.8) is 0 Å². The van der Waals surface area contributed by atoms with Gasteiger partial charge >= 0.3 is 0 Å². The molecule has 0 aliphatic rings. The molecule has 0 radical (unpaired) electrons. The van der Waals surface area contributed by atoms with Crippen LogP contribution >= 0.6 is 23.2 Å². The van der Waals surface area contributed by atoms with E-state index in [0.29, 0.717) is 0 Å². The highest BCUT2D eigenvalue weighted by Gasteiger charge is 2.15. The number of benzene rings is 1. The fourth-order valence-electron chi connectivity index (χ4n) is 0.908. The van der Waals surface area contributed by atoms with Crippen molar-refractivity contribution in [2.24, 2.45) is 0 Å².